The number of carbonyl (C=O) groups excluding carboxylic acids is 1. The van der Waals surface area contributed by atoms with E-state index in [2.05, 4.69) is 10.4 Å². The minimum absolute atomic E-state index is 0.175. The van der Waals surface area contributed by atoms with Crippen molar-refractivity contribution >= 4 is 16.1 Å². The first-order valence-corrected chi connectivity index (χ1v) is 6.74. The number of rotatable bonds is 5. The number of carbonyl (C=O) groups is 1. The molecule has 1 rings (SSSR count). The van der Waals surface area contributed by atoms with E-state index in [4.69, 9.17) is 0 Å². The van der Waals surface area contributed by atoms with Crippen LogP contribution in [0.4, 0.5) is 4.79 Å². The van der Waals surface area contributed by atoms with Crippen LogP contribution in [-0.4, -0.2) is 30.8 Å². The Balaban J connectivity index is 2.58. The molecule has 0 unspecified atom stereocenters. The van der Waals surface area contributed by atoms with Gasteiger partial charge in [-0.2, -0.15) is 13.5 Å². The van der Waals surface area contributed by atoms with Gasteiger partial charge >= 0.3 is 6.03 Å². The normalized spacial score (nSPS) is 11.2. The third kappa shape index (κ3) is 4.06. The second-order valence-corrected chi connectivity index (χ2v) is 5.17. The minimum Gasteiger partial charge on any atom is -0.337 e. The highest BCUT2D eigenvalue weighted by molar-refractivity contribution is 7.90. The number of unbranched alkanes of at least 4 members (excludes halogenated alkanes) is 1. The van der Waals surface area contributed by atoms with Gasteiger partial charge in [-0.1, -0.05) is 13.3 Å². The predicted octanol–water partition coefficient (Wildman–Crippen LogP) is 0.208. The van der Waals surface area contributed by atoms with Crippen LogP contribution in [0, 0.1) is 0 Å². The van der Waals surface area contributed by atoms with Crippen molar-refractivity contribution in [2.75, 3.05) is 6.54 Å². The van der Waals surface area contributed by atoms with Crippen LogP contribution in [0.15, 0.2) is 17.3 Å². The molecule has 2 N–H and O–H groups in total. The monoisotopic (exact) mass is 260 g/mol. The van der Waals surface area contributed by atoms with E-state index in [-0.39, 0.29) is 5.03 Å². The molecule has 0 aliphatic rings. The molecule has 0 atom stereocenters. The van der Waals surface area contributed by atoms with Gasteiger partial charge in [0.25, 0.3) is 10.0 Å². The summed E-state index contributed by atoms with van der Waals surface area (Å²) in [5.41, 5.74) is 0. The van der Waals surface area contributed by atoms with Crippen LogP contribution in [0.5, 0.6) is 0 Å². The second-order valence-electron chi connectivity index (χ2n) is 3.54. The van der Waals surface area contributed by atoms with Crippen LogP contribution < -0.4 is 10.0 Å². The summed E-state index contributed by atoms with van der Waals surface area (Å²) >= 11 is 0. The average molecular weight is 260 g/mol. The third-order valence-corrected chi connectivity index (χ3v) is 3.23. The molecule has 1 aromatic heterocycles. The van der Waals surface area contributed by atoms with Gasteiger partial charge in [-0.25, -0.2) is 9.52 Å². The van der Waals surface area contributed by atoms with Crippen LogP contribution in [0.2, 0.25) is 0 Å². The fraction of sp³-hybridized carbons (Fsp3) is 0.556. The highest BCUT2D eigenvalue weighted by Gasteiger charge is 2.19. The van der Waals surface area contributed by atoms with E-state index < -0.39 is 16.1 Å². The van der Waals surface area contributed by atoms with Gasteiger partial charge in [-0.05, 0) is 12.5 Å². The molecule has 0 saturated heterocycles. The molecule has 0 aromatic carbocycles. The van der Waals surface area contributed by atoms with Crippen LogP contribution in [0.1, 0.15) is 19.8 Å². The lowest BCUT2D eigenvalue weighted by molar-refractivity contribution is 0.245. The van der Waals surface area contributed by atoms with E-state index in [1.807, 2.05) is 11.6 Å². The summed E-state index contributed by atoms with van der Waals surface area (Å²) < 4.78 is 26.5. The SMILES string of the molecule is CCCCNC(=O)NS(=O)(=O)c1ccn(C)n1. The first-order valence-electron chi connectivity index (χ1n) is 5.26. The van der Waals surface area contributed by atoms with Gasteiger partial charge in [-0.15, -0.1) is 0 Å². The molecule has 7 nitrogen and oxygen atoms in total. The van der Waals surface area contributed by atoms with Gasteiger partial charge in [0.05, 0.1) is 0 Å². The van der Waals surface area contributed by atoms with Crippen LogP contribution in [-0.2, 0) is 17.1 Å². The molecule has 96 valence electrons. The van der Waals surface area contributed by atoms with Crippen LogP contribution in [0.25, 0.3) is 0 Å². The van der Waals surface area contributed by atoms with Crippen molar-refractivity contribution < 1.29 is 13.2 Å². The van der Waals surface area contributed by atoms with Crippen molar-refractivity contribution in [3.8, 4) is 0 Å². The molecule has 0 fully saturated rings. The summed E-state index contributed by atoms with van der Waals surface area (Å²) in [4.78, 5) is 11.3. The zero-order valence-electron chi connectivity index (χ0n) is 9.80. The minimum atomic E-state index is -3.87. The van der Waals surface area contributed by atoms with Crippen molar-refractivity contribution in [1.82, 2.24) is 19.8 Å². The molecule has 17 heavy (non-hydrogen) atoms. The van der Waals surface area contributed by atoms with E-state index in [9.17, 15) is 13.2 Å². The number of nitrogens with one attached hydrogen (secondary N) is 2. The lowest BCUT2D eigenvalue weighted by Gasteiger charge is -2.06. The maximum atomic E-state index is 11.6. The van der Waals surface area contributed by atoms with Crippen molar-refractivity contribution in [3.05, 3.63) is 12.3 Å². The summed E-state index contributed by atoms with van der Waals surface area (Å²) in [6.45, 7) is 2.42. The predicted molar refractivity (Wildman–Crippen MR) is 61.8 cm³/mol. The van der Waals surface area contributed by atoms with Crippen molar-refractivity contribution in [2.24, 2.45) is 7.05 Å². The lowest BCUT2D eigenvalue weighted by Crippen LogP contribution is -2.39. The number of amides is 2. The zero-order valence-corrected chi connectivity index (χ0v) is 10.6. The smallest absolute Gasteiger partial charge is 0.328 e. The fourth-order valence-electron chi connectivity index (χ4n) is 1.13. The Bertz CT molecular complexity index is 480. The zero-order chi connectivity index (χ0) is 12.9. The summed E-state index contributed by atoms with van der Waals surface area (Å²) in [6.07, 6.45) is 3.22. The molecule has 0 spiro atoms. The Morgan fingerprint density at radius 3 is 2.76 bits per heavy atom. The summed E-state index contributed by atoms with van der Waals surface area (Å²) in [6, 6.07) is 0.589. The number of nitrogens with zero attached hydrogens (tertiary/aromatic N) is 2. The lowest BCUT2D eigenvalue weighted by atomic mass is 10.3. The van der Waals surface area contributed by atoms with E-state index in [1.165, 1.54) is 16.9 Å². The average Bonchev–Trinajstić information content (AvgIpc) is 2.65. The quantitative estimate of drug-likeness (QED) is 0.740. The maximum absolute atomic E-state index is 11.6. The Labute approximate surface area is 100 Å². The highest BCUT2D eigenvalue weighted by atomic mass is 32.2. The standard InChI is InChI=1S/C9H16N4O3S/c1-3-4-6-10-9(14)12-17(15,16)8-5-7-13(2)11-8/h5,7H,3-4,6H2,1-2H3,(H2,10,12,14). The number of hydrogen-bond acceptors (Lipinski definition) is 4. The maximum Gasteiger partial charge on any atom is 0.328 e. The fourth-order valence-corrected chi connectivity index (χ4v) is 2.02. The topological polar surface area (TPSA) is 93.1 Å². The first kappa shape index (κ1) is 13.5. The molecule has 1 heterocycles. The van der Waals surface area contributed by atoms with Gasteiger partial charge < -0.3 is 5.32 Å². The van der Waals surface area contributed by atoms with Crippen LogP contribution in [0.3, 0.4) is 0 Å². The van der Waals surface area contributed by atoms with Crippen molar-refractivity contribution in [1.29, 1.82) is 0 Å². The van der Waals surface area contributed by atoms with Gasteiger partial charge in [-0.3, -0.25) is 4.68 Å². The van der Waals surface area contributed by atoms with Crippen molar-refractivity contribution in [2.45, 2.75) is 24.8 Å². The van der Waals surface area contributed by atoms with E-state index in [0.717, 1.165) is 12.8 Å². The highest BCUT2D eigenvalue weighted by Crippen LogP contribution is 2.03. The number of aromatic nitrogens is 2. The second kappa shape index (κ2) is 5.67. The largest absolute Gasteiger partial charge is 0.337 e. The third-order valence-electron chi connectivity index (χ3n) is 2.01. The van der Waals surface area contributed by atoms with Crippen LogP contribution >= 0.6 is 0 Å². The molecular weight excluding hydrogens is 244 g/mol. The molecule has 0 radical (unpaired) electrons. The number of aryl methyl sites for hydroxylation is 1. The summed E-state index contributed by atoms with van der Waals surface area (Å²) in [5, 5.41) is 6.00. The molecule has 8 heteroatoms. The van der Waals surface area contributed by atoms with Gasteiger partial charge in [0, 0.05) is 19.8 Å². The molecule has 0 aliphatic heterocycles. The summed E-state index contributed by atoms with van der Waals surface area (Å²) in [5.74, 6) is 0. The molecule has 1 aromatic rings. The molecule has 0 bridgehead atoms. The van der Waals surface area contributed by atoms with E-state index in [1.54, 1.807) is 7.05 Å². The van der Waals surface area contributed by atoms with Gasteiger partial charge in [0.1, 0.15) is 0 Å². The molecule has 0 saturated carbocycles. The Morgan fingerprint density at radius 1 is 1.53 bits per heavy atom. The number of urea groups is 1. The Morgan fingerprint density at radius 2 is 2.24 bits per heavy atom. The molecule has 2 amide bonds. The van der Waals surface area contributed by atoms with Gasteiger partial charge in [0.15, 0.2) is 5.03 Å². The molecule has 0 aliphatic carbocycles. The number of sulfonamides is 1. The number of hydrogen-bond donors (Lipinski definition) is 2. The first-order chi connectivity index (χ1) is 7.95. The van der Waals surface area contributed by atoms with E-state index in [0.29, 0.717) is 6.54 Å². The van der Waals surface area contributed by atoms with Crippen molar-refractivity contribution in [3.63, 3.8) is 0 Å². The Hall–Kier alpha value is -1.57. The van der Waals surface area contributed by atoms with E-state index >= 15 is 0 Å². The summed E-state index contributed by atoms with van der Waals surface area (Å²) in [7, 11) is -2.27. The molecular formula is C9H16N4O3S. The van der Waals surface area contributed by atoms with Gasteiger partial charge in [0.2, 0.25) is 0 Å². The Kier molecular flexibility index (Phi) is 4.50.